The van der Waals surface area contributed by atoms with Gasteiger partial charge in [0.1, 0.15) is 0 Å². The van der Waals surface area contributed by atoms with Crippen LogP contribution in [-0.4, -0.2) is 24.9 Å². The Bertz CT molecular complexity index is 427. The van der Waals surface area contributed by atoms with E-state index in [1.807, 2.05) is 13.8 Å². The van der Waals surface area contributed by atoms with Crippen LogP contribution < -0.4 is 16.4 Å². The molecule has 0 saturated heterocycles. The SMILES string of the molecule is CC(C)CNC(=O)CCNC(=O)c1ccc(N)cc1. The zero-order valence-corrected chi connectivity index (χ0v) is 11.4. The maximum Gasteiger partial charge on any atom is 0.251 e. The van der Waals surface area contributed by atoms with Crippen LogP contribution in [0.4, 0.5) is 5.69 Å². The normalized spacial score (nSPS) is 10.3. The summed E-state index contributed by atoms with van der Waals surface area (Å²) in [6.45, 7) is 5.05. The van der Waals surface area contributed by atoms with Crippen molar-refractivity contribution in [3.05, 3.63) is 29.8 Å². The number of nitrogen functional groups attached to an aromatic ring is 1. The number of amides is 2. The minimum Gasteiger partial charge on any atom is -0.399 e. The number of carbonyl (C=O) groups is 2. The largest absolute Gasteiger partial charge is 0.399 e. The maximum atomic E-state index is 11.7. The third-order valence-corrected chi connectivity index (χ3v) is 2.52. The highest BCUT2D eigenvalue weighted by atomic mass is 16.2. The van der Waals surface area contributed by atoms with Gasteiger partial charge in [-0.15, -0.1) is 0 Å². The maximum absolute atomic E-state index is 11.7. The molecule has 19 heavy (non-hydrogen) atoms. The number of hydrogen-bond acceptors (Lipinski definition) is 3. The predicted octanol–water partition coefficient (Wildman–Crippen LogP) is 1.16. The number of nitrogens with one attached hydrogen (secondary N) is 2. The fraction of sp³-hybridized carbons (Fsp3) is 0.429. The number of nitrogens with two attached hydrogens (primary N) is 1. The van der Waals surface area contributed by atoms with Crippen molar-refractivity contribution >= 4 is 17.5 Å². The van der Waals surface area contributed by atoms with Gasteiger partial charge in [0.2, 0.25) is 5.91 Å². The lowest BCUT2D eigenvalue weighted by Gasteiger charge is -2.08. The lowest BCUT2D eigenvalue weighted by Crippen LogP contribution is -2.32. The summed E-state index contributed by atoms with van der Waals surface area (Å²) in [5, 5.41) is 5.49. The van der Waals surface area contributed by atoms with Crippen LogP contribution in [0.15, 0.2) is 24.3 Å². The zero-order chi connectivity index (χ0) is 14.3. The molecule has 1 aromatic carbocycles. The third-order valence-electron chi connectivity index (χ3n) is 2.52. The minimum atomic E-state index is -0.198. The molecule has 0 bridgehead atoms. The predicted molar refractivity (Wildman–Crippen MR) is 75.7 cm³/mol. The first kappa shape index (κ1) is 15.0. The van der Waals surface area contributed by atoms with Gasteiger partial charge in [0.05, 0.1) is 0 Å². The summed E-state index contributed by atoms with van der Waals surface area (Å²) < 4.78 is 0. The molecule has 0 aliphatic carbocycles. The van der Waals surface area contributed by atoms with E-state index in [0.29, 0.717) is 30.3 Å². The third kappa shape index (κ3) is 5.90. The van der Waals surface area contributed by atoms with E-state index in [2.05, 4.69) is 10.6 Å². The van der Waals surface area contributed by atoms with Crippen LogP contribution >= 0.6 is 0 Å². The monoisotopic (exact) mass is 263 g/mol. The average molecular weight is 263 g/mol. The molecule has 0 aliphatic rings. The number of anilines is 1. The molecular weight excluding hydrogens is 242 g/mol. The van der Waals surface area contributed by atoms with E-state index in [4.69, 9.17) is 5.73 Å². The van der Waals surface area contributed by atoms with Crippen molar-refractivity contribution < 1.29 is 9.59 Å². The van der Waals surface area contributed by atoms with E-state index < -0.39 is 0 Å². The molecule has 0 aromatic heterocycles. The molecule has 0 saturated carbocycles. The van der Waals surface area contributed by atoms with Gasteiger partial charge in [0.15, 0.2) is 0 Å². The Morgan fingerprint density at radius 3 is 2.37 bits per heavy atom. The second-order valence-corrected chi connectivity index (χ2v) is 4.83. The first-order valence-corrected chi connectivity index (χ1v) is 6.39. The second kappa shape index (κ2) is 7.41. The van der Waals surface area contributed by atoms with E-state index in [9.17, 15) is 9.59 Å². The first-order chi connectivity index (χ1) is 8.99. The number of carbonyl (C=O) groups excluding carboxylic acids is 2. The van der Waals surface area contributed by atoms with E-state index in [1.54, 1.807) is 24.3 Å². The zero-order valence-electron chi connectivity index (χ0n) is 11.4. The van der Waals surface area contributed by atoms with Crippen molar-refractivity contribution in [3.8, 4) is 0 Å². The minimum absolute atomic E-state index is 0.0497. The van der Waals surface area contributed by atoms with Gasteiger partial charge >= 0.3 is 0 Å². The average Bonchev–Trinajstić information content (AvgIpc) is 2.37. The Morgan fingerprint density at radius 1 is 1.16 bits per heavy atom. The Kier molecular flexibility index (Phi) is 5.85. The molecule has 1 aromatic rings. The van der Waals surface area contributed by atoms with Crippen LogP contribution in [0.25, 0.3) is 0 Å². The first-order valence-electron chi connectivity index (χ1n) is 6.39. The molecule has 2 amide bonds. The highest BCUT2D eigenvalue weighted by molar-refractivity contribution is 5.94. The van der Waals surface area contributed by atoms with Gasteiger partial charge in [-0.1, -0.05) is 13.8 Å². The Morgan fingerprint density at radius 2 is 1.79 bits per heavy atom. The lowest BCUT2D eigenvalue weighted by atomic mass is 10.2. The van der Waals surface area contributed by atoms with E-state index in [-0.39, 0.29) is 18.2 Å². The molecule has 0 atom stereocenters. The molecular formula is C14H21N3O2. The summed E-state index contributed by atoms with van der Waals surface area (Å²) in [7, 11) is 0. The van der Waals surface area contributed by atoms with Crippen molar-refractivity contribution in [1.29, 1.82) is 0 Å². The van der Waals surface area contributed by atoms with Crippen molar-refractivity contribution in [2.45, 2.75) is 20.3 Å². The number of rotatable bonds is 6. The summed E-state index contributed by atoms with van der Waals surface area (Å²) in [6.07, 6.45) is 0.285. The van der Waals surface area contributed by atoms with E-state index >= 15 is 0 Å². The fourth-order valence-electron chi connectivity index (χ4n) is 1.43. The van der Waals surface area contributed by atoms with Crippen LogP contribution in [0.2, 0.25) is 0 Å². The molecule has 0 spiro atoms. The van der Waals surface area contributed by atoms with Crippen molar-refractivity contribution in [2.24, 2.45) is 5.92 Å². The molecule has 104 valence electrons. The van der Waals surface area contributed by atoms with Crippen LogP contribution in [0, 0.1) is 5.92 Å². The summed E-state index contributed by atoms with van der Waals surface area (Å²) in [5.41, 5.74) is 6.69. The molecule has 0 radical (unpaired) electrons. The van der Waals surface area contributed by atoms with E-state index in [0.717, 1.165) is 0 Å². The summed E-state index contributed by atoms with van der Waals surface area (Å²) in [5.74, 6) is 0.177. The molecule has 5 nitrogen and oxygen atoms in total. The smallest absolute Gasteiger partial charge is 0.251 e. The Labute approximate surface area is 113 Å². The summed E-state index contributed by atoms with van der Waals surface area (Å²) >= 11 is 0. The lowest BCUT2D eigenvalue weighted by molar-refractivity contribution is -0.121. The fourth-order valence-corrected chi connectivity index (χ4v) is 1.43. The van der Waals surface area contributed by atoms with Crippen molar-refractivity contribution in [3.63, 3.8) is 0 Å². The van der Waals surface area contributed by atoms with Gasteiger partial charge in [-0.25, -0.2) is 0 Å². The number of benzene rings is 1. The van der Waals surface area contributed by atoms with Gasteiger partial charge < -0.3 is 16.4 Å². The highest BCUT2D eigenvalue weighted by Crippen LogP contribution is 2.04. The highest BCUT2D eigenvalue weighted by Gasteiger charge is 2.06. The van der Waals surface area contributed by atoms with Crippen LogP contribution in [0.5, 0.6) is 0 Å². The number of hydrogen-bond donors (Lipinski definition) is 3. The quantitative estimate of drug-likeness (QED) is 0.673. The van der Waals surface area contributed by atoms with Crippen molar-refractivity contribution in [2.75, 3.05) is 18.8 Å². The van der Waals surface area contributed by atoms with Crippen LogP contribution in [0.1, 0.15) is 30.6 Å². The Hall–Kier alpha value is -2.04. The van der Waals surface area contributed by atoms with Crippen LogP contribution in [-0.2, 0) is 4.79 Å². The molecule has 0 unspecified atom stereocenters. The molecule has 1 rings (SSSR count). The van der Waals surface area contributed by atoms with Gasteiger partial charge in [0, 0.05) is 30.8 Å². The second-order valence-electron chi connectivity index (χ2n) is 4.83. The molecule has 4 N–H and O–H groups in total. The Balaban J connectivity index is 2.27. The van der Waals surface area contributed by atoms with Crippen LogP contribution in [0.3, 0.4) is 0 Å². The van der Waals surface area contributed by atoms with Crippen molar-refractivity contribution in [1.82, 2.24) is 10.6 Å². The summed E-state index contributed by atoms with van der Waals surface area (Å²) in [4.78, 5) is 23.2. The molecule has 0 fully saturated rings. The van der Waals surface area contributed by atoms with E-state index in [1.165, 1.54) is 0 Å². The standard InChI is InChI=1S/C14H21N3O2/c1-10(2)9-17-13(18)7-8-16-14(19)11-3-5-12(15)6-4-11/h3-6,10H,7-9,15H2,1-2H3,(H,16,19)(H,17,18). The molecule has 0 heterocycles. The molecule has 0 aliphatic heterocycles. The van der Waals surface area contributed by atoms with Gasteiger partial charge in [-0.3, -0.25) is 9.59 Å². The summed E-state index contributed by atoms with van der Waals surface area (Å²) in [6, 6.07) is 6.65. The van der Waals surface area contributed by atoms with Gasteiger partial charge in [-0.2, -0.15) is 0 Å². The molecule has 5 heteroatoms. The topological polar surface area (TPSA) is 84.2 Å². The van der Waals surface area contributed by atoms with Gasteiger partial charge in [0.25, 0.3) is 5.91 Å². The van der Waals surface area contributed by atoms with Gasteiger partial charge in [-0.05, 0) is 30.2 Å².